The first-order chi connectivity index (χ1) is 9.24. The Bertz CT molecular complexity index is 313. The number of rotatable bonds is 10. The second kappa shape index (κ2) is 9.93. The van der Waals surface area contributed by atoms with E-state index < -0.39 is 0 Å². The molecule has 1 atom stereocenters. The highest BCUT2D eigenvalue weighted by Crippen LogP contribution is 2.06. The summed E-state index contributed by atoms with van der Waals surface area (Å²) in [5, 5.41) is 3.46. The van der Waals surface area contributed by atoms with E-state index in [0.717, 1.165) is 26.1 Å². The monoisotopic (exact) mass is 263 g/mol. The molecular formula is C16H29N3. The average Bonchev–Trinajstić information content (AvgIpc) is 2.45. The molecule has 0 saturated heterocycles. The molecule has 1 aromatic heterocycles. The third-order valence-electron chi connectivity index (χ3n) is 3.66. The number of nitrogens with zero attached hydrogens (tertiary/aromatic N) is 2. The number of aromatic nitrogens is 1. The maximum atomic E-state index is 4.05. The van der Waals surface area contributed by atoms with Crippen molar-refractivity contribution < 1.29 is 0 Å². The van der Waals surface area contributed by atoms with Crippen molar-refractivity contribution in [2.24, 2.45) is 0 Å². The van der Waals surface area contributed by atoms with Crippen LogP contribution in [0.4, 0.5) is 0 Å². The fourth-order valence-electron chi connectivity index (χ4n) is 2.12. The van der Waals surface area contributed by atoms with E-state index in [1.807, 2.05) is 12.4 Å². The largest absolute Gasteiger partial charge is 0.317 e. The molecule has 0 amide bonds. The summed E-state index contributed by atoms with van der Waals surface area (Å²) in [6, 6.07) is 4.87. The lowest BCUT2D eigenvalue weighted by molar-refractivity contribution is 0.245. The molecule has 0 spiro atoms. The zero-order valence-corrected chi connectivity index (χ0v) is 12.7. The van der Waals surface area contributed by atoms with Crippen LogP contribution in [0.15, 0.2) is 24.5 Å². The minimum absolute atomic E-state index is 0.658. The van der Waals surface area contributed by atoms with Crippen molar-refractivity contribution >= 4 is 0 Å². The minimum atomic E-state index is 0.658. The average molecular weight is 263 g/mol. The van der Waals surface area contributed by atoms with Gasteiger partial charge in [0, 0.05) is 25.0 Å². The molecule has 3 heteroatoms. The fourth-order valence-corrected chi connectivity index (χ4v) is 2.12. The van der Waals surface area contributed by atoms with Crippen molar-refractivity contribution in [1.29, 1.82) is 0 Å². The summed E-state index contributed by atoms with van der Waals surface area (Å²) in [7, 11) is 2.23. The van der Waals surface area contributed by atoms with Gasteiger partial charge < -0.3 is 10.2 Å². The lowest BCUT2D eigenvalue weighted by Crippen LogP contribution is -2.31. The van der Waals surface area contributed by atoms with E-state index >= 15 is 0 Å². The van der Waals surface area contributed by atoms with E-state index in [9.17, 15) is 0 Å². The Morgan fingerprint density at radius 1 is 1.26 bits per heavy atom. The summed E-state index contributed by atoms with van der Waals surface area (Å²) < 4.78 is 0. The summed E-state index contributed by atoms with van der Waals surface area (Å²) in [4.78, 5) is 6.51. The van der Waals surface area contributed by atoms with Crippen molar-refractivity contribution in [1.82, 2.24) is 15.2 Å². The van der Waals surface area contributed by atoms with Gasteiger partial charge in [-0.2, -0.15) is 0 Å². The van der Waals surface area contributed by atoms with Crippen LogP contribution < -0.4 is 5.32 Å². The van der Waals surface area contributed by atoms with Crippen LogP contribution in [0, 0.1) is 0 Å². The minimum Gasteiger partial charge on any atom is -0.317 e. The number of pyridine rings is 1. The molecule has 0 fully saturated rings. The van der Waals surface area contributed by atoms with Crippen molar-refractivity contribution in [2.45, 2.75) is 45.6 Å². The number of likely N-dealkylation sites (N-methyl/N-ethyl adjacent to an activating group) is 1. The first-order valence-corrected chi connectivity index (χ1v) is 7.54. The summed E-state index contributed by atoms with van der Waals surface area (Å²) in [6.45, 7) is 7.95. The summed E-state index contributed by atoms with van der Waals surface area (Å²) in [6.07, 6.45) is 8.61. The zero-order valence-electron chi connectivity index (χ0n) is 12.7. The van der Waals surface area contributed by atoms with Crippen molar-refractivity contribution in [3.63, 3.8) is 0 Å². The van der Waals surface area contributed by atoms with Gasteiger partial charge in [0.2, 0.25) is 0 Å². The highest BCUT2D eigenvalue weighted by molar-refractivity contribution is 5.09. The molecule has 0 aliphatic heterocycles. The van der Waals surface area contributed by atoms with Crippen molar-refractivity contribution in [3.8, 4) is 0 Å². The van der Waals surface area contributed by atoms with Crippen LogP contribution in [0.25, 0.3) is 0 Å². The molecule has 19 heavy (non-hydrogen) atoms. The van der Waals surface area contributed by atoms with Crippen LogP contribution in [0.2, 0.25) is 0 Å². The first-order valence-electron chi connectivity index (χ1n) is 7.54. The quantitative estimate of drug-likeness (QED) is 0.658. The van der Waals surface area contributed by atoms with E-state index in [1.54, 1.807) is 0 Å². The first kappa shape index (κ1) is 16.1. The van der Waals surface area contributed by atoms with Gasteiger partial charge in [-0.3, -0.25) is 4.98 Å². The maximum Gasteiger partial charge on any atom is 0.0270 e. The van der Waals surface area contributed by atoms with Gasteiger partial charge in [0.15, 0.2) is 0 Å². The van der Waals surface area contributed by atoms with E-state index in [-0.39, 0.29) is 0 Å². The van der Waals surface area contributed by atoms with Crippen LogP contribution in [0.3, 0.4) is 0 Å². The van der Waals surface area contributed by atoms with Gasteiger partial charge in [0.1, 0.15) is 0 Å². The van der Waals surface area contributed by atoms with Crippen LogP contribution in [-0.4, -0.2) is 42.6 Å². The molecule has 0 radical (unpaired) electrons. The van der Waals surface area contributed by atoms with Gasteiger partial charge in [0.05, 0.1) is 0 Å². The van der Waals surface area contributed by atoms with E-state index in [2.05, 4.69) is 48.2 Å². The van der Waals surface area contributed by atoms with Gasteiger partial charge >= 0.3 is 0 Å². The van der Waals surface area contributed by atoms with E-state index in [4.69, 9.17) is 0 Å². The van der Waals surface area contributed by atoms with Crippen LogP contribution in [0.5, 0.6) is 0 Å². The van der Waals surface area contributed by atoms with Gasteiger partial charge in [-0.25, -0.2) is 0 Å². The molecule has 0 aliphatic rings. The van der Waals surface area contributed by atoms with E-state index in [0.29, 0.717) is 6.04 Å². The lowest BCUT2D eigenvalue weighted by Gasteiger charge is -2.24. The third kappa shape index (κ3) is 7.28. The number of hydrogen-bond acceptors (Lipinski definition) is 3. The molecule has 1 rings (SSSR count). The number of nitrogens with one attached hydrogen (secondary N) is 1. The standard InChI is InChI=1S/C16H29N3/c1-4-10-17-11-5-6-15(2)19(3)14-9-16-7-12-18-13-8-16/h7-8,12-13,15,17H,4-6,9-11,14H2,1-3H3. The van der Waals surface area contributed by atoms with Crippen LogP contribution in [-0.2, 0) is 6.42 Å². The number of hydrogen-bond donors (Lipinski definition) is 1. The zero-order chi connectivity index (χ0) is 13.9. The van der Waals surface area contributed by atoms with Gasteiger partial charge in [-0.1, -0.05) is 6.92 Å². The third-order valence-corrected chi connectivity index (χ3v) is 3.66. The molecule has 0 aliphatic carbocycles. The van der Waals surface area contributed by atoms with Crippen LogP contribution >= 0.6 is 0 Å². The normalized spacial score (nSPS) is 12.8. The molecular weight excluding hydrogens is 234 g/mol. The van der Waals surface area contributed by atoms with Crippen molar-refractivity contribution in [2.75, 3.05) is 26.7 Å². The molecule has 1 aromatic rings. The molecule has 3 nitrogen and oxygen atoms in total. The SMILES string of the molecule is CCCNCCCC(C)N(C)CCc1ccncc1. The topological polar surface area (TPSA) is 28.2 Å². The van der Waals surface area contributed by atoms with Gasteiger partial charge in [-0.05, 0) is 70.4 Å². The predicted octanol–water partition coefficient (Wildman–Crippen LogP) is 2.72. The Labute approximate surface area is 118 Å². The summed E-state index contributed by atoms with van der Waals surface area (Å²) in [5.41, 5.74) is 1.37. The molecule has 0 bridgehead atoms. The molecule has 1 unspecified atom stereocenters. The molecule has 108 valence electrons. The predicted molar refractivity (Wildman–Crippen MR) is 82.4 cm³/mol. The van der Waals surface area contributed by atoms with Gasteiger partial charge in [-0.15, -0.1) is 0 Å². The molecule has 0 aromatic carbocycles. The Morgan fingerprint density at radius 2 is 2.00 bits per heavy atom. The smallest absolute Gasteiger partial charge is 0.0270 e. The second-order valence-electron chi connectivity index (χ2n) is 5.33. The highest BCUT2D eigenvalue weighted by atomic mass is 15.1. The highest BCUT2D eigenvalue weighted by Gasteiger charge is 2.08. The molecule has 1 heterocycles. The molecule has 1 N–H and O–H groups in total. The Balaban J connectivity index is 2.12. The maximum absolute atomic E-state index is 4.05. The van der Waals surface area contributed by atoms with E-state index in [1.165, 1.54) is 24.8 Å². The van der Waals surface area contributed by atoms with Crippen LogP contribution in [0.1, 0.15) is 38.7 Å². The Hall–Kier alpha value is -0.930. The Morgan fingerprint density at radius 3 is 2.68 bits per heavy atom. The summed E-state index contributed by atoms with van der Waals surface area (Å²) in [5.74, 6) is 0. The molecule has 0 saturated carbocycles. The summed E-state index contributed by atoms with van der Waals surface area (Å²) >= 11 is 0. The lowest BCUT2D eigenvalue weighted by atomic mass is 10.1. The second-order valence-corrected chi connectivity index (χ2v) is 5.33. The van der Waals surface area contributed by atoms with Gasteiger partial charge in [0.25, 0.3) is 0 Å². The Kier molecular flexibility index (Phi) is 8.43. The van der Waals surface area contributed by atoms with Crippen molar-refractivity contribution in [3.05, 3.63) is 30.1 Å². The fraction of sp³-hybridized carbons (Fsp3) is 0.688.